The molecule has 0 radical (unpaired) electrons. The van der Waals surface area contributed by atoms with Gasteiger partial charge in [-0.05, 0) is 35.4 Å². The molecule has 0 aromatic heterocycles. The smallest absolute Gasteiger partial charge is 0.0991 e. The van der Waals surface area contributed by atoms with E-state index >= 15 is 0 Å². The van der Waals surface area contributed by atoms with E-state index < -0.39 is 0 Å². The predicted molar refractivity (Wildman–Crippen MR) is 88.9 cm³/mol. The minimum absolute atomic E-state index is 0.160. The summed E-state index contributed by atoms with van der Waals surface area (Å²) in [5.41, 5.74) is 3.07. The second-order valence-corrected chi connectivity index (χ2v) is 5.91. The van der Waals surface area contributed by atoms with Gasteiger partial charge >= 0.3 is 0 Å². The van der Waals surface area contributed by atoms with E-state index in [0.717, 1.165) is 36.8 Å². The van der Waals surface area contributed by atoms with Crippen LogP contribution in [0, 0.1) is 11.3 Å². The van der Waals surface area contributed by atoms with Gasteiger partial charge in [-0.2, -0.15) is 5.26 Å². The zero-order chi connectivity index (χ0) is 15.4. The maximum atomic E-state index is 9.17. The molecule has 2 aromatic rings. The second-order valence-electron chi connectivity index (χ2n) is 5.48. The predicted octanol–water partition coefficient (Wildman–Crippen LogP) is 3.21. The molecule has 3 rings (SSSR count). The lowest BCUT2D eigenvalue weighted by atomic mass is 9.95. The topological polar surface area (TPSA) is 39.1 Å². The van der Waals surface area contributed by atoms with Crippen molar-refractivity contribution in [1.82, 2.24) is 10.2 Å². The summed E-state index contributed by atoms with van der Waals surface area (Å²) in [6, 6.07) is 18.3. The molecule has 1 unspecified atom stereocenters. The van der Waals surface area contributed by atoms with Crippen molar-refractivity contribution >= 4 is 11.6 Å². The number of nitrogens with zero attached hydrogens (tertiary/aromatic N) is 2. The number of benzene rings is 2. The van der Waals surface area contributed by atoms with Gasteiger partial charge < -0.3 is 5.32 Å². The molecular weight excluding hydrogens is 294 g/mol. The van der Waals surface area contributed by atoms with Gasteiger partial charge in [0.2, 0.25) is 0 Å². The number of hydrogen-bond acceptors (Lipinski definition) is 3. The first-order valence-corrected chi connectivity index (χ1v) is 7.86. The highest BCUT2D eigenvalue weighted by molar-refractivity contribution is 6.30. The van der Waals surface area contributed by atoms with Gasteiger partial charge in [0, 0.05) is 31.2 Å². The fourth-order valence-electron chi connectivity index (χ4n) is 2.98. The van der Waals surface area contributed by atoms with Crippen LogP contribution < -0.4 is 5.32 Å². The Kier molecular flexibility index (Phi) is 4.74. The van der Waals surface area contributed by atoms with Crippen molar-refractivity contribution in [2.75, 3.05) is 26.2 Å². The van der Waals surface area contributed by atoms with Gasteiger partial charge in [-0.3, -0.25) is 4.90 Å². The molecule has 1 aliphatic rings. The molecule has 0 amide bonds. The lowest BCUT2D eigenvalue weighted by molar-refractivity contribution is 0.198. The Morgan fingerprint density at radius 3 is 2.45 bits per heavy atom. The molecule has 112 valence electrons. The second kappa shape index (κ2) is 6.93. The molecule has 22 heavy (non-hydrogen) atoms. The molecular formula is C18H18ClN3. The van der Waals surface area contributed by atoms with Crippen molar-refractivity contribution in [3.05, 3.63) is 70.2 Å². The Bertz CT molecular complexity index is 669. The lowest BCUT2D eigenvalue weighted by Crippen LogP contribution is -2.45. The molecule has 0 saturated carbocycles. The molecule has 0 bridgehead atoms. The highest BCUT2D eigenvalue weighted by atomic mass is 35.5. The van der Waals surface area contributed by atoms with Crippen molar-refractivity contribution in [2.24, 2.45) is 0 Å². The maximum Gasteiger partial charge on any atom is 0.0991 e. The molecule has 1 heterocycles. The standard InChI is InChI=1S/C18H18ClN3/c19-17-6-4-15(5-7-17)18(22-10-8-21-9-11-22)16-3-1-2-14(12-16)13-20/h1-7,12,18,21H,8-11H2. The third-order valence-corrected chi connectivity index (χ3v) is 4.29. The van der Waals surface area contributed by atoms with Gasteiger partial charge in [0.05, 0.1) is 17.7 Å². The summed E-state index contributed by atoms with van der Waals surface area (Å²) in [4.78, 5) is 2.45. The van der Waals surface area contributed by atoms with Crippen molar-refractivity contribution in [1.29, 1.82) is 5.26 Å². The number of halogens is 1. The van der Waals surface area contributed by atoms with Crippen LogP contribution in [0.4, 0.5) is 0 Å². The zero-order valence-corrected chi connectivity index (χ0v) is 13.1. The summed E-state index contributed by atoms with van der Waals surface area (Å²) in [7, 11) is 0. The number of hydrogen-bond donors (Lipinski definition) is 1. The minimum Gasteiger partial charge on any atom is -0.314 e. The molecule has 1 N–H and O–H groups in total. The number of piperazine rings is 1. The summed E-state index contributed by atoms with van der Waals surface area (Å²) in [6.45, 7) is 3.96. The van der Waals surface area contributed by atoms with Gasteiger partial charge in [-0.1, -0.05) is 35.9 Å². The van der Waals surface area contributed by atoms with Crippen LogP contribution in [0.15, 0.2) is 48.5 Å². The minimum atomic E-state index is 0.160. The first kappa shape index (κ1) is 15.1. The van der Waals surface area contributed by atoms with Gasteiger partial charge in [0.1, 0.15) is 0 Å². The highest BCUT2D eigenvalue weighted by Gasteiger charge is 2.24. The fourth-order valence-corrected chi connectivity index (χ4v) is 3.10. The molecule has 2 aromatic carbocycles. The van der Waals surface area contributed by atoms with Crippen LogP contribution in [0.2, 0.25) is 5.02 Å². The largest absolute Gasteiger partial charge is 0.314 e. The lowest BCUT2D eigenvalue weighted by Gasteiger charge is -2.35. The highest BCUT2D eigenvalue weighted by Crippen LogP contribution is 2.30. The Hall–Kier alpha value is -1.86. The van der Waals surface area contributed by atoms with Crippen molar-refractivity contribution in [3.8, 4) is 6.07 Å². The van der Waals surface area contributed by atoms with Crippen LogP contribution in [-0.4, -0.2) is 31.1 Å². The Balaban J connectivity index is 2.01. The van der Waals surface area contributed by atoms with E-state index in [4.69, 9.17) is 11.6 Å². The molecule has 0 spiro atoms. The zero-order valence-electron chi connectivity index (χ0n) is 12.3. The summed E-state index contributed by atoms with van der Waals surface area (Å²) >= 11 is 6.03. The average molecular weight is 312 g/mol. The van der Waals surface area contributed by atoms with E-state index in [1.54, 1.807) is 0 Å². The van der Waals surface area contributed by atoms with Crippen molar-refractivity contribution in [3.63, 3.8) is 0 Å². The van der Waals surface area contributed by atoms with Crippen LogP contribution in [0.1, 0.15) is 22.7 Å². The summed E-state index contributed by atoms with van der Waals surface area (Å²) < 4.78 is 0. The van der Waals surface area contributed by atoms with Gasteiger partial charge in [0.25, 0.3) is 0 Å². The van der Waals surface area contributed by atoms with Gasteiger partial charge in [-0.25, -0.2) is 0 Å². The van der Waals surface area contributed by atoms with E-state index in [2.05, 4.69) is 34.5 Å². The van der Waals surface area contributed by atoms with E-state index in [0.29, 0.717) is 5.56 Å². The van der Waals surface area contributed by atoms with Gasteiger partial charge in [-0.15, -0.1) is 0 Å². The first-order valence-electron chi connectivity index (χ1n) is 7.48. The normalized spacial score (nSPS) is 16.9. The average Bonchev–Trinajstić information content (AvgIpc) is 2.58. The summed E-state index contributed by atoms with van der Waals surface area (Å²) in [5, 5.41) is 13.3. The molecule has 1 aliphatic heterocycles. The molecule has 1 atom stereocenters. The van der Waals surface area contributed by atoms with Crippen LogP contribution in [0.5, 0.6) is 0 Å². The Morgan fingerprint density at radius 2 is 1.77 bits per heavy atom. The van der Waals surface area contributed by atoms with Crippen LogP contribution in [0.3, 0.4) is 0 Å². The molecule has 3 nitrogen and oxygen atoms in total. The van der Waals surface area contributed by atoms with Crippen LogP contribution in [0.25, 0.3) is 0 Å². The van der Waals surface area contributed by atoms with Gasteiger partial charge in [0.15, 0.2) is 0 Å². The maximum absolute atomic E-state index is 9.17. The Morgan fingerprint density at radius 1 is 1.05 bits per heavy atom. The van der Waals surface area contributed by atoms with Crippen LogP contribution >= 0.6 is 11.6 Å². The molecule has 1 saturated heterocycles. The number of nitrogens with one attached hydrogen (secondary N) is 1. The van der Waals surface area contributed by atoms with Crippen LogP contribution in [-0.2, 0) is 0 Å². The Labute approximate surface area is 136 Å². The van der Waals surface area contributed by atoms with E-state index in [1.165, 1.54) is 5.56 Å². The molecule has 0 aliphatic carbocycles. The monoisotopic (exact) mass is 311 g/mol. The SMILES string of the molecule is N#Cc1cccc(C(c2ccc(Cl)cc2)N2CCNCC2)c1. The molecule has 4 heteroatoms. The summed E-state index contributed by atoms with van der Waals surface area (Å²) in [5.74, 6) is 0. The van der Waals surface area contributed by atoms with E-state index in [-0.39, 0.29) is 6.04 Å². The fraction of sp³-hybridized carbons (Fsp3) is 0.278. The first-order chi connectivity index (χ1) is 10.8. The van der Waals surface area contributed by atoms with Crippen molar-refractivity contribution in [2.45, 2.75) is 6.04 Å². The third-order valence-electron chi connectivity index (χ3n) is 4.03. The van der Waals surface area contributed by atoms with E-state index in [1.807, 2.05) is 30.3 Å². The number of rotatable bonds is 3. The quantitative estimate of drug-likeness (QED) is 0.946. The van der Waals surface area contributed by atoms with Crippen molar-refractivity contribution < 1.29 is 0 Å². The number of nitriles is 1. The summed E-state index contributed by atoms with van der Waals surface area (Å²) in [6.07, 6.45) is 0. The molecule has 1 fully saturated rings. The van der Waals surface area contributed by atoms with E-state index in [9.17, 15) is 5.26 Å². The third kappa shape index (κ3) is 3.31.